The Morgan fingerprint density at radius 2 is 2.00 bits per heavy atom. The summed E-state index contributed by atoms with van der Waals surface area (Å²) in [6.45, 7) is 0.371. The molecule has 0 saturated heterocycles. The van der Waals surface area contributed by atoms with E-state index in [0.29, 0.717) is 18.8 Å². The average Bonchev–Trinajstić information content (AvgIpc) is 2.41. The zero-order valence-electron chi connectivity index (χ0n) is 9.73. The number of benzene rings is 1. The lowest BCUT2D eigenvalue weighted by Crippen LogP contribution is -2.32. The van der Waals surface area contributed by atoms with Crippen LogP contribution in [0.3, 0.4) is 0 Å². The SMILES string of the molecule is O=C(O)N(CCc1ccccc1)c1ccncn1. The number of aromatic nitrogens is 2. The summed E-state index contributed by atoms with van der Waals surface area (Å²) in [5.74, 6) is 0.397. The van der Waals surface area contributed by atoms with Crippen molar-refractivity contribution in [3.05, 3.63) is 54.5 Å². The molecule has 0 fully saturated rings. The molecule has 0 aliphatic rings. The Morgan fingerprint density at radius 3 is 2.61 bits per heavy atom. The maximum Gasteiger partial charge on any atom is 0.413 e. The van der Waals surface area contributed by atoms with Crippen molar-refractivity contribution in [2.24, 2.45) is 0 Å². The van der Waals surface area contributed by atoms with Crippen LogP contribution in [0.2, 0.25) is 0 Å². The molecule has 1 heterocycles. The highest BCUT2D eigenvalue weighted by Gasteiger charge is 2.14. The Labute approximate surface area is 105 Å². The van der Waals surface area contributed by atoms with Crippen molar-refractivity contribution in [2.45, 2.75) is 6.42 Å². The van der Waals surface area contributed by atoms with Gasteiger partial charge >= 0.3 is 6.09 Å². The molecule has 92 valence electrons. The smallest absolute Gasteiger partial charge is 0.413 e. The molecule has 1 N–H and O–H groups in total. The van der Waals surface area contributed by atoms with Crippen molar-refractivity contribution in [2.75, 3.05) is 11.4 Å². The summed E-state index contributed by atoms with van der Waals surface area (Å²) in [5, 5.41) is 9.17. The van der Waals surface area contributed by atoms with Gasteiger partial charge in [-0.05, 0) is 18.1 Å². The lowest BCUT2D eigenvalue weighted by Gasteiger charge is -2.17. The minimum Gasteiger partial charge on any atom is -0.465 e. The molecule has 2 rings (SSSR count). The van der Waals surface area contributed by atoms with Gasteiger partial charge in [-0.15, -0.1) is 0 Å². The molecule has 0 bridgehead atoms. The second-order valence-corrected chi connectivity index (χ2v) is 3.74. The van der Waals surface area contributed by atoms with E-state index >= 15 is 0 Å². The topological polar surface area (TPSA) is 66.3 Å². The van der Waals surface area contributed by atoms with E-state index in [1.807, 2.05) is 30.3 Å². The van der Waals surface area contributed by atoms with E-state index in [9.17, 15) is 9.90 Å². The number of rotatable bonds is 4. The summed E-state index contributed by atoms with van der Waals surface area (Å²) in [4.78, 5) is 20.1. The summed E-state index contributed by atoms with van der Waals surface area (Å²) in [6.07, 6.45) is 2.51. The number of nitrogens with zero attached hydrogens (tertiary/aromatic N) is 3. The zero-order valence-corrected chi connectivity index (χ0v) is 9.73. The maximum absolute atomic E-state index is 11.2. The van der Waals surface area contributed by atoms with Gasteiger partial charge in [-0.25, -0.2) is 14.8 Å². The molecule has 1 amide bonds. The van der Waals surface area contributed by atoms with Crippen molar-refractivity contribution in [1.82, 2.24) is 9.97 Å². The zero-order chi connectivity index (χ0) is 12.8. The van der Waals surface area contributed by atoms with Crippen LogP contribution < -0.4 is 4.90 Å². The summed E-state index contributed by atoms with van der Waals surface area (Å²) >= 11 is 0. The third-order valence-corrected chi connectivity index (χ3v) is 2.54. The van der Waals surface area contributed by atoms with Crippen LogP contribution in [-0.2, 0) is 6.42 Å². The second kappa shape index (κ2) is 5.77. The first-order valence-electron chi connectivity index (χ1n) is 5.58. The van der Waals surface area contributed by atoms with Gasteiger partial charge in [-0.3, -0.25) is 4.90 Å². The normalized spacial score (nSPS) is 10.0. The molecule has 5 nitrogen and oxygen atoms in total. The van der Waals surface area contributed by atoms with Crippen LogP contribution in [0, 0.1) is 0 Å². The highest BCUT2D eigenvalue weighted by Crippen LogP contribution is 2.10. The Bertz CT molecular complexity index is 502. The van der Waals surface area contributed by atoms with Gasteiger partial charge in [0.15, 0.2) is 0 Å². The summed E-state index contributed by atoms with van der Waals surface area (Å²) in [5.41, 5.74) is 1.10. The molecule has 1 aromatic heterocycles. The van der Waals surface area contributed by atoms with Gasteiger partial charge in [0, 0.05) is 12.7 Å². The van der Waals surface area contributed by atoms with Crippen LogP contribution in [0.1, 0.15) is 5.56 Å². The maximum atomic E-state index is 11.2. The van der Waals surface area contributed by atoms with Crippen molar-refractivity contribution in [3.63, 3.8) is 0 Å². The van der Waals surface area contributed by atoms with Gasteiger partial charge in [-0.1, -0.05) is 30.3 Å². The summed E-state index contributed by atoms with van der Waals surface area (Å²) < 4.78 is 0. The molecule has 0 aliphatic heterocycles. The molecule has 0 saturated carbocycles. The standard InChI is InChI=1S/C13H13N3O2/c17-13(18)16(12-6-8-14-10-15-12)9-7-11-4-2-1-3-5-11/h1-6,8,10H,7,9H2,(H,17,18). The molecule has 18 heavy (non-hydrogen) atoms. The molecule has 0 atom stereocenters. The van der Waals surface area contributed by atoms with Crippen LogP contribution in [0.25, 0.3) is 0 Å². The van der Waals surface area contributed by atoms with E-state index in [-0.39, 0.29) is 0 Å². The highest BCUT2D eigenvalue weighted by molar-refractivity contribution is 5.84. The van der Waals surface area contributed by atoms with Gasteiger partial charge in [0.05, 0.1) is 0 Å². The van der Waals surface area contributed by atoms with Gasteiger partial charge in [0.25, 0.3) is 0 Å². The molecule has 0 radical (unpaired) electrons. The number of carboxylic acid groups (broad SMARTS) is 1. The fraction of sp³-hybridized carbons (Fsp3) is 0.154. The Kier molecular flexibility index (Phi) is 3.86. The number of carbonyl (C=O) groups is 1. The Balaban J connectivity index is 2.06. The van der Waals surface area contributed by atoms with Crippen molar-refractivity contribution >= 4 is 11.9 Å². The van der Waals surface area contributed by atoms with Crippen molar-refractivity contribution < 1.29 is 9.90 Å². The molecule has 5 heteroatoms. The van der Waals surface area contributed by atoms with Crippen LogP contribution in [-0.4, -0.2) is 27.7 Å². The van der Waals surface area contributed by atoms with Crippen molar-refractivity contribution in [1.29, 1.82) is 0 Å². The van der Waals surface area contributed by atoms with Crippen molar-refractivity contribution in [3.8, 4) is 0 Å². The molecular formula is C13H13N3O2. The van der Waals surface area contributed by atoms with Crippen LogP contribution in [0.15, 0.2) is 48.9 Å². The third kappa shape index (κ3) is 3.04. The average molecular weight is 243 g/mol. The fourth-order valence-electron chi connectivity index (χ4n) is 1.64. The third-order valence-electron chi connectivity index (χ3n) is 2.54. The van der Waals surface area contributed by atoms with Gasteiger partial charge < -0.3 is 5.11 Å². The van der Waals surface area contributed by atoms with E-state index in [2.05, 4.69) is 9.97 Å². The van der Waals surface area contributed by atoms with E-state index in [4.69, 9.17) is 0 Å². The van der Waals surface area contributed by atoms with E-state index in [0.717, 1.165) is 5.56 Å². The molecule has 0 spiro atoms. The van der Waals surface area contributed by atoms with E-state index < -0.39 is 6.09 Å². The first-order chi connectivity index (χ1) is 8.77. The predicted octanol–water partition coefficient (Wildman–Crippen LogP) is 2.20. The van der Waals surface area contributed by atoms with Gasteiger partial charge in [0.1, 0.15) is 12.1 Å². The number of hydrogen-bond donors (Lipinski definition) is 1. The lowest BCUT2D eigenvalue weighted by atomic mass is 10.1. The van der Waals surface area contributed by atoms with Crippen LogP contribution >= 0.6 is 0 Å². The molecule has 0 aliphatic carbocycles. The number of hydrogen-bond acceptors (Lipinski definition) is 3. The Morgan fingerprint density at radius 1 is 1.22 bits per heavy atom. The molecular weight excluding hydrogens is 230 g/mol. The van der Waals surface area contributed by atoms with E-state index in [1.54, 1.807) is 6.07 Å². The largest absolute Gasteiger partial charge is 0.465 e. The van der Waals surface area contributed by atoms with Gasteiger partial charge in [0.2, 0.25) is 0 Å². The van der Waals surface area contributed by atoms with E-state index in [1.165, 1.54) is 17.4 Å². The first kappa shape index (κ1) is 12.0. The minimum atomic E-state index is -1.01. The summed E-state index contributed by atoms with van der Waals surface area (Å²) in [6, 6.07) is 11.3. The summed E-state index contributed by atoms with van der Waals surface area (Å²) in [7, 11) is 0. The van der Waals surface area contributed by atoms with Crippen LogP contribution in [0.5, 0.6) is 0 Å². The fourth-order valence-corrected chi connectivity index (χ4v) is 1.64. The lowest BCUT2D eigenvalue weighted by molar-refractivity contribution is 0.201. The van der Waals surface area contributed by atoms with Crippen LogP contribution in [0.4, 0.5) is 10.6 Å². The molecule has 1 aromatic carbocycles. The second-order valence-electron chi connectivity index (χ2n) is 3.74. The molecule has 0 unspecified atom stereocenters. The number of anilines is 1. The number of amides is 1. The predicted molar refractivity (Wildman–Crippen MR) is 67.5 cm³/mol. The Hall–Kier alpha value is -2.43. The monoisotopic (exact) mass is 243 g/mol. The van der Waals surface area contributed by atoms with Gasteiger partial charge in [-0.2, -0.15) is 0 Å². The first-order valence-corrected chi connectivity index (χ1v) is 5.58. The highest BCUT2D eigenvalue weighted by atomic mass is 16.4. The minimum absolute atomic E-state index is 0.371. The quantitative estimate of drug-likeness (QED) is 0.894. The molecule has 2 aromatic rings.